The number of guanidine groups is 1. The number of hydrogen-bond donors (Lipinski definition) is 0. The third kappa shape index (κ3) is 4.17. The van der Waals surface area contributed by atoms with Crippen molar-refractivity contribution in [2.75, 3.05) is 39.8 Å². The molecule has 0 bridgehead atoms. The van der Waals surface area contributed by atoms with Gasteiger partial charge in [0.2, 0.25) is 5.96 Å². The Balaban J connectivity index is 1.94. The molecule has 1 aromatic carbocycles. The molecule has 1 fully saturated rings. The van der Waals surface area contributed by atoms with Crippen LogP contribution in [0, 0.1) is 0 Å². The van der Waals surface area contributed by atoms with Crippen molar-refractivity contribution in [3.05, 3.63) is 45.0 Å². The normalized spacial score (nSPS) is 20.3. The van der Waals surface area contributed by atoms with Crippen LogP contribution in [0.5, 0.6) is 0 Å². The molecule has 3 heterocycles. The Morgan fingerprint density at radius 1 is 1.03 bits per heavy atom. The molecule has 4 nitrogen and oxygen atoms in total. The van der Waals surface area contributed by atoms with Gasteiger partial charge in [0.05, 0.1) is 22.0 Å². The van der Waals surface area contributed by atoms with Crippen molar-refractivity contribution in [1.29, 1.82) is 0 Å². The lowest BCUT2D eigenvalue weighted by Gasteiger charge is -2.42. The van der Waals surface area contributed by atoms with Crippen LogP contribution in [0.2, 0.25) is 5.02 Å². The summed E-state index contributed by atoms with van der Waals surface area (Å²) >= 11 is 6.16. The summed E-state index contributed by atoms with van der Waals surface area (Å²) in [4.78, 5) is 11.5. The highest BCUT2D eigenvalue weighted by molar-refractivity contribution is 6.31. The standard InChI is InChI=1S/C24H30ClF3N4/c1-5-16-11-15(3)17(6-2)14-32-22(16)18-12-20(25)19(24(26,27)28)13-21(18)29-23(32)31-9-7-30(4)8-10-31/h12-13H,5-11,14H2,1-4H3. The molecule has 4 rings (SSSR count). The summed E-state index contributed by atoms with van der Waals surface area (Å²) in [5.74, 6) is 0.752. The molecule has 0 radical (unpaired) electrons. The zero-order valence-electron chi connectivity index (χ0n) is 19.1. The number of hydrogen-bond acceptors (Lipinski definition) is 4. The van der Waals surface area contributed by atoms with E-state index in [2.05, 4.69) is 42.5 Å². The molecule has 8 heteroatoms. The van der Waals surface area contributed by atoms with Crippen molar-refractivity contribution >= 4 is 28.9 Å². The number of rotatable bonds is 2. The Labute approximate surface area is 193 Å². The molecule has 0 aliphatic carbocycles. The molecular weight excluding hydrogens is 437 g/mol. The SMILES string of the molecule is CCC1=C(C)CC(CC)=C2c3cc(Cl)c(C(F)(F)F)cc3N=C(N3CCN(C)CC3)N2C1. The lowest BCUT2D eigenvalue weighted by Crippen LogP contribution is -2.53. The summed E-state index contributed by atoms with van der Waals surface area (Å²) in [6.07, 6.45) is -1.96. The van der Waals surface area contributed by atoms with Crippen molar-refractivity contribution in [1.82, 2.24) is 14.7 Å². The molecule has 32 heavy (non-hydrogen) atoms. The minimum Gasteiger partial charge on any atom is -0.340 e. The fourth-order valence-electron chi connectivity index (χ4n) is 4.81. The highest BCUT2D eigenvalue weighted by Gasteiger charge is 2.38. The van der Waals surface area contributed by atoms with Gasteiger partial charge in [-0.3, -0.25) is 0 Å². The van der Waals surface area contributed by atoms with E-state index in [1.54, 1.807) is 0 Å². The van der Waals surface area contributed by atoms with Crippen LogP contribution in [0.4, 0.5) is 18.9 Å². The van der Waals surface area contributed by atoms with Crippen LogP contribution >= 0.6 is 11.6 Å². The first-order chi connectivity index (χ1) is 15.1. The van der Waals surface area contributed by atoms with Gasteiger partial charge < -0.3 is 14.7 Å². The number of alkyl halides is 3. The van der Waals surface area contributed by atoms with E-state index in [4.69, 9.17) is 16.6 Å². The molecule has 0 unspecified atom stereocenters. The van der Waals surface area contributed by atoms with E-state index in [1.807, 2.05) is 0 Å². The maximum Gasteiger partial charge on any atom is 0.417 e. The molecule has 1 saturated heterocycles. The molecule has 0 aromatic heterocycles. The zero-order valence-corrected chi connectivity index (χ0v) is 19.9. The minimum absolute atomic E-state index is 0.276. The van der Waals surface area contributed by atoms with Gasteiger partial charge in [0.25, 0.3) is 0 Å². The van der Waals surface area contributed by atoms with E-state index >= 15 is 0 Å². The van der Waals surface area contributed by atoms with Gasteiger partial charge in [-0.2, -0.15) is 13.2 Å². The molecule has 3 aliphatic heterocycles. The molecule has 0 amide bonds. The smallest absolute Gasteiger partial charge is 0.340 e. The van der Waals surface area contributed by atoms with Gasteiger partial charge in [0.15, 0.2) is 0 Å². The average molecular weight is 467 g/mol. The monoisotopic (exact) mass is 466 g/mol. The van der Waals surface area contributed by atoms with Crippen molar-refractivity contribution < 1.29 is 13.2 Å². The van der Waals surface area contributed by atoms with Gasteiger partial charge in [0, 0.05) is 38.3 Å². The summed E-state index contributed by atoms with van der Waals surface area (Å²) in [5.41, 5.74) is 5.10. The Kier molecular flexibility index (Phi) is 6.34. The van der Waals surface area contributed by atoms with E-state index in [1.165, 1.54) is 22.8 Å². The Morgan fingerprint density at radius 3 is 2.28 bits per heavy atom. The second-order valence-electron chi connectivity index (χ2n) is 8.86. The van der Waals surface area contributed by atoms with E-state index < -0.39 is 11.7 Å². The fourth-order valence-corrected chi connectivity index (χ4v) is 5.09. The molecule has 3 aliphatic rings. The lowest BCUT2D eigenvalue weighted by atomic mass is 9.95. The summed E-state index contributed by atoms with van der Waals surface area (Å²) in [6.45, 7) is 10.5. The van der Waals surface area contributed by atoms with E-state index in [-0.39, 0.29) is 5.02 Å². The Bertz CT molecular complexity index is 1000. The van der Waals surface area contributed by atoms with Crippen LogP contribution in [0.25, 0.3) is 5.70 Å². The Morgan fingerprint density at radius 2 is 1.69 bits per heavy atom. The van der Waals surface area contributed by atoms with Crippen LogP contribution in [0.1, 0.15) is 51.2 Å². The molecule has 0 saturated carbocycles. The molecule has 0 atom stereocenters. The van der Waals surface area contributed by atoms with Crippen molar-refractivity contribution in [2.24, 2.45) is 4.99 Å². The lowest BCUT2D eigenvalue weighted by molar-refractivity contribution is -0.137. The van der Waals surface area contributed by atoms with Crippen LogP contribution < -0.4 is 0 Å². The van der Waals surface area contributed by atoms with Crippen LogP contribution in [0.3, 0.4) is 0 Å². The summed E-state index contributed by atoms with van der Waals surface area (Å²) in [6, 6.07) is 2.59. The molecule has 1 aromatic rings. The van der Waals surface area contributed by atoms with E-state index in [9.17, 15) is 13.2 Å². The molecule has 0 N–H and O–H groups in total. The molecule has 174 valence electrons. The second-order valence-corrected chi connectivity index (χ2v) is 9.26. The van der Waals surface area contributed by atoms with Gasteiger partial charge >= 0.3 is 6.18 Å². The number of likely N-dealkylation sites (N-methyl/N-ethyl adjacent to an activating group) is 1. The average Bonchev–Trinajstić information content (AvgIpc) is 2.89. The third-order valence-corrected chi connectivity index (χ3v) is 7.10. The first-order valence-corrected chi connectivity index (χ1v) is 11.6. The van der Waals surface area contributed by atoms with E-state index in [0.29, 0.717) is 17.8 Å². The van der Waals surface area contributed by atoms with Gasteiger partial charge in [-0.05, 0) is 50.9 Å². The highest BCUT2D eigenvalue weighted by atomic mass is 35.5. The van der Waals surface area contributed by atoms with Crippen molar-refractivity contribution in [2.45, 2.75) is 46.2 Å². The first-order valence-electron chi connectivity index (χ1n) is 11.2. The molecular formula is C24H30ClF3N4. The minimum atomic E-state index is -4.52. The number of nitrogens with zero attached hydrogens (tertiary/aromatic N) is 4. The van der Waals surface area contributed by atoms with E-state index in [0.717, 1.165) is 63.2 Å². The number of halogens is 4. The second kappa shape index (κ2) is 8.75. The topological polar surface area (TPSA) is 22.1 Å². The number of allylic oxidation sites excluding steroid dienone is 2. The van der Waals surface area contributed by atoms with Gasteiger partial charge in [-0.25, -0.2) is 4.99 Å². The summed E-state index contributed by atoms with van der Waals surface area (Å²) in [5, 5.41) is -0.276. The first kappa shape index (κ1) is 23.2. The van der Waals surface area contributed by atoms with Gasteiger partial charge in [-0.1, -0.05) is 36.6 Å². The van der Waals surface area contributed by atoms with Crippen LogP contribution in [0.15, 0.2) is 33.8 Å². The maximum atomic E-state index is 13.6. The summed E-state index contributed by atoms with van der Waals surface area (Å²) in [7, 11) is 2.08. The predicted molar refractivity (Wildman–Crippen MR) is 124 cm³/mol. The van der Waals surface area contributed by atoms with Crippen molar-refractivity contribution in [3.8, 4) is 0 Å². The van der Waals surface area contributed by atoms with Crippen LogP contribution in [-0.4, -0.2) is 60.4 Å². The zero-order chi connectivity index (χ0) is 23.2. The number of aliphatic imine (C=N–C) groups is 1. The number of benzene rings is 1. The van der Waals surface area contributed by atoms with Crippen LogP contribution in [-0.2, 0) is 6.18 Å². The number of piperazine rings is 1. The highest BCUT2D eigenvalue weighted by Crippen LogP contribution is 2.46. The quantitative estimate of drug-likeness (QED) is 0.487. The number of fused-ring (bicyclic) bond motifs is 3. The third-order valence-electron chi connectivity index (χ3n) is 6.78. The van der Waals surface area contributed by atoms with Crippen molar-refractivity contribution in [3.63, 3.8) is 0 Å². The fraction of sp³-hybridized carbons (Fsp3) is 0.542. The maximum absolute atomic E-state index is 13.6. The Hall–Kier alpha value is -1.99. The van der Waals surface area contributed by atoms with Gasteiger partial charge in [-0.15, -0.1) is 0 Å². The molecule has 0 spiro atoms. The van der Waals surface area contributed by atoms with Gasteiger partial charge in [0.1, 0.15) is 0 Å². The summed E-state index contributed by atoms with van der Waals surface area (Å²) < 4.78 is 40.9. The largest absolute Gasteiger partial charge is 0.417 e. The predicted octanol–water partition coefficient (Wildman–Crippen LogP) is 6.16.